The first kappa shape index (κ1) is 48.9. The minimum Gasteiger partial charge on any atom is -0.462 e. The normalized spacial score (nSPS) is 33.4. The Hall–Kier alpha value is -3.53. The van der Waals surface area contributed by atoms with Gasteiger partial charge in [-0.25, -0.2) is 4.98 Å². The number of methoxy groups -OCH3 is 3. The number of ketones is 1. The SMILES string of the molecule is CC[C@H]1CCC[C@H](O[C@H]2CC[C@H](N(C)C)C(C)O2)[C@@H](C)C(=O)C2=C[C@H]3[C@@H]4C[C@H](OC(OC(C)[C@@H](C)OC)[C@H](COC)OC)C[C@H]4c4c(nc5ccc(-c6ccccc6)cn45)[C@H]3[C@@H]2CC(=O)O1. The summed E-state index contributed by atoms with van der Waals surface area (Å²) in [5.41, 5.74) is 5.81. The molecule has 362 valence electrons. The van der Waals surface area contributed by atoms with Crippen molar-refractivity contribution in [3.8, 4) is 11.1 Å². The summed E-state index contributed by atoms with van der Waals surface area (Å²) in [6.07, 6.45) is 7.69. The van der Waals surface area contributed by atoms with E-state index in [-0.39, 0.29) is 85.1 Å². The number of esters is 1. The van der Waals surface area contributed by atoms with Crippen LogP contribution in [0.4, 0.5) is 0 Å². The Morgan fingerprint density at radius 2 is 1.70 bits per heavy atom. The Morgan fingerprint density at radius 1 is 0.909 bits per heavy atom. The van der Waals surface area contributed by atoms with Gasteiger partial charge < -0.3 is 47.2 Å². The van der Waals surface area contributed by atoms with Gasteiger partial charge in [0.25, 0.3) is 0 Å². The largest absolute Gasteiger partial charge is 0.462 e. The highest BCUT2D eigenvalue weighted by molar-refractivity contribution is 5.99. The molecule has 3 aromatic rings. The molecular formula is C53H75N3O10. The van der Waals surface area contributed by atoms with Crippen LogP contribution in [0, 0.1) is 23.7 Å². The quantitative estimate of drug-likeness (QED) is 0.107. The third-order valence-electron chi connectivity index (χ3n) is 15.8. The third kappa shape index (κ3) is 10.1. The topological polar surface area (TPSA) is 129 Å². The van der Waals surface area contributed by atoms with Gasteiger partial charge in [0.15, 0.2) is 18.4 Å². The Bertz CT molecular complexity index is 2140. The minimum atomic E-state index is -0.725. The molecule has 3 fully saturated rings. The average molecular weight is 914 g/mol. The number of carbonyl (C=O) groups excluding carboxylic acids is 2. The predicted octanol–water partition coefficient (Wildman–Crippen LogP) is 8.52. The second-order valence-electron chi connectivity index (χ2n) is 20.0. The van der Waals surface area contributed by atoms with Crippen molar-refractivity contribution < 1.29 is 47.5 Å². The van der Waals surface area contributed by atoms with Crippen molar-refractivity contribution >= 4 is 17.4 Å². The van der Waals surface area contributed by atoms with Crippen molar-refractivity contribution in [2.24, 2.45) is 23.7 Å². The minimum absolute atomic E-state index is 0.0000152. The van der Waals surface area contributed by atoms with E-state index in [1.807, 2.05) is 26.8 Å². The molecule has 2 aromatic heterocycles. The molecule has 3 aliphatic carbocycles. The van der Waals surface area contributed by atoms with Crippen LogP contribution in [0.1, 0.15) is 116 Å². The fraction of sp³-hybridized carbons (Fsp3) is 0.679. The molecular weight excluding hydrogens is 839 g/mol. The number of hydrogen-bond acceptors (Lipinski definition) is 12. The first-order chi connectivity index (χ1) is 31.8. The van der Waals surface area contributed by atoms with Gasteiger partial charge in [0.1, 0.15) is 17.9 Å². The van der Waals surface area contributed by atoms with Crippen LogP contribution in [0.15, 0.2) is 60.3 Å². The number of rotatable bonds is 15. The summed E-state index contributed by atoms with van der Waals surface area (Å²) in [6.45, 7) is 10.4. The predicted molar refractivity (Wildman–Crippen MR) is 251 cm³/mol. The number of cyclic esters (lactones) is 1. The van der Waals surface area contributed by atoms with Crippen molar-refractivity contribution in [2.45, 2.75) is 166 Å². The summed E-state index contributed by atoms with van der Waals surface area (Å²) >= 11 is 0. The molecule has 5 aliphatic rings. The highest BCUT2D eigenvalue weighted by Crippen LogP contribution is 2.61. The number of allylic oxidation sites excluding steroid dienone is 2. The monoisotopic (exact) mass is 914 g/mol. The molecule has 66 heavy (non-hydrogen) atoms. The third-order valence-corrected chi connectivity index (χ3v) is 15.8. The molecule has 0 amide bonds. The maximum atomic E-state index is 15.4. The Labute approximate surface area is 392 Å². The van der Waals surface area contributed by atoms with Crippen LogP contribution in [0.2, 0.25) is 0 Å². The number of Topliss-reactive ketones (excluding diaryl/α,β-unsaturated/α-hetero) is 1. The van der Waals surface area contributed by atoms with Crippen LogP contribution < -0.4 is 0 Å². The molecule has 0 N–H and O–H groups in total. The fourth-order valence-electron chi connectivity index (χ4n) is 12.0. The van der Waals surface area contributed by atoms with E-state index in [4.69, 9.17) is 42.9 Å². The molecule has 13 nitrogen and oxygen atoms in total. The van der Waals surface area contributed by atoms with E-state index in [9.17, 15) is 4.79 Å². The maximum absolute atomic E-state index is 15.4. The summed E-state index contributed by atoms with van der Waals surface area (Å²) in [5.74, 6) is -1.27. The molecule has 8 rings (SSSR count). The number of aromatic nitrogens is 2. The Kier molecular flexibility index (Phi) is 15.9. The molecule has 16 atom stereocenters. The molecule has 1 aromatic carbocycles. The summed E-state index contributed by atoms with van der Waals surface area (Å²) in [7, 11) is 9.16. The van der Waals surface area contributed by atoms with E-state index in [2.05, 4.69) is 85.9 Å². The maximum Gasteiger partial charge on any atom is 0.306 e. The summed E-state index contributed by atoms with van der Waals surface area (Å²) < 4.78 is 52.7. The van der Waals surface area contributed by atoms with Crippen LogP contribution in [-0.4, -0.2) is 129 Å². The second kappa shape index (κ2) is 21.4. The molecule has 0 bridgehead atoms. The van der Waals surface area contributed by atoms with Crippen LogP contribution in [-0.2, 0) is 47.5 Å². The summed E-state index contributed by atoms with van der Waals surface area (Å²) in [6, 6.07) is 14.9. The Morgan fingerprint density at radius 3 is 2.39 bits per heavy atom. The van der Waals surface area contributed by atoms with E-state index >= 15 is 4.79 Å². The van der Waals surface area contributed by atoms with E-state index in [1.165, 1.54) is 0 Å². The molecule has 3 unspecified atom stereocenters. The lowest BCUT2D eigenvalue weighted by molar-refractivity contribution is -0.255. The number of pyridine rings is 1. The number of imidazole rings is 1. The van der Waals surface area contributed by atoms with Crippen LogP contribution >= 0.6 is 0 Å². The first-order valence-electron chi connectivity index (χ1n) is 24.7. The van der Waals surface area contributed by atoms with Gasteiger partial charge in [-0.3, -0.25) is 9.59 Å². The van der Waals surface area contributed by atoms with E-state index < -0.39 is 30.5 Å². The summed E-state index contributed by atoms with van der Waals surface area (Å²) in [5, 5.41) is 0. The first-order valence-corrected chi connectivity index (χ1v) is 24.7. The van der Waals surface area contributed by atoms with Gasteiger partial charge in [0.2, 0.25) is 0 Å². The van der Waals surface area contributed by atoms with Gasteiger partial charge in [-0.05, 0) is 127 Å². The standard InChI is InChI=1S/C53H75N3O10/c1-11-36-18-15-19-44(66-48-23-21-43(55(6)7)33(5)62-48)30(2)52(58)42-26-39-38-24-37(65-53(45(61-10)29-59-8)63-32(4)31(3)60-9)25-41(38)51-50(49(39)40(42)27-47(57)64-36)54-46-22-20-35(28-56(46)51)34-16-13-12-14-17-34/h12-14,16-17,20,22,26,28,30-33,36-41,43-45,48-49,53H,11,15,18-19,21,23-25,27,29H2,1-10H3/t30-,31-,32?,33?,36+,37+,38+,39+,40-,41-,43+,44+,45+,48+,49-,53?/m1/s1. The highest BCUT2D eigenvalue weighted by Gasteiger charge is 2.56. The molecule has 0 spiro atoms. The van der Waals surface area contributed by atoms with Gasteiger partial charge in [0.05, 0.1) is 49.2 Å². The van der Waals surface area contributed by atoms with Crippen molar-refractivity contribution in [1.29, 1.82) is 0 Å². The van der Waals surface area contributed by atoms with Crippen molar-refractivity contribution in [1.82, 2.24) is 14.3 Å². The molecule has 2 saturated heterocycles. The Balaban J connectivity index is 1.19. The van der Waals surface area contributed by atoms with Crippen molar-refractivity contribution in [3.05, 3.63) is 71.7 Å². The van der Waals surface area contributed by atoms with Gasteiger partial charge in [-0.1, -0.05) is 50.3 Å². The van der Waals surface area contributed by atoms with Crippen LogP contribution in [0.25, 0.3) is 16.8 Å². The molecule has 0 radical (unpaired) electrons. The molecule has 4 heterocycles. The van der Waals surface area contributed by atoms with Crippen LogP contribution in [0.3, 0.4) is 0 Å². The average Bonchev–Trinajstić information content (AvgIpc) is 4.02. The molecule has 1 saturated carbocycles. The van der Waals surface area contributed by atoms with Gasteiger partial charge in [-0.2, -0.15) is 0 Å². The second-order valence-corrected chi connectivity index (χ2v) is 20.0. The summed E-state index contributed by atoms with van der Waals surface area (Å²) in [4.78, 5) is 37.2. The zero-order valence-electron chi connectivity index (χ0n) is 40.9. The zero-order valence-corrected chi connectivity index (χ0v) is 40.9. The number of hydrogen-bond donors (Lipinski definition) is 0. The van der Waals surface area contributed by atoms with Crippen molar-refractivity contribution in [3.63, 3.8) is 0 Å². The smallest absolute Gasteiger partial charge is 0.306 e. The molecule has 13 heteroatoms. The lowest BCUT2D eigenvalue weighted by Gasteiger charge is -2.40. The van der Waals surface area contributed by atoms with Crippen molar-refractivity contribution in [2.75, 3.05) is 42.0 Å². The van der Waals surface area contributed by atoms with E-state index in [1.54, 1.807) is 21.3 Å². The van der Waals surface area contributed by atoms with E-state index in [0.717, 1.165) is 47.4 Å². The lowest BCUT2D eigenvalue weighted by atomic mass is 9.66. The van der Waals surface area contributed by atoms with Gasteiger partial charge in [-0.15, -0.1) is 0 Å². The zero-order chi connectivity index (χ0) is 46.8. The number of likely N-dealkylation sites (N-methyl/N-ethyl adjacent to an activating group) is 1. The molecule has 2 aliphatic heterocycles. The van der Waals surface area contributed by atoms with Crippen LogP contribution in [0.5, 0.6) is 0 Å². The van der Waals surface area contributed by atoms with Gasteiger partial charge >= 0.3 is 5.97 Å². The highest BCUT2D eigenvalue weighted by atomic mass is 16.7. The number of fused-ring (bicyclic) bond motifs is 10. The number of carbonyl (C=O) groups is 2. The lowest BCUT2D eigenvalue weighted by Crippen LogP contribution is -2.47. The number of nitrogens with zero attached hydrogens (tertiary/aromatic N) is 3. The fourth-order valence-corrected chi connectivity index (χ4v) is 12.0. The van der Waals surface area contributed by atoms with E-state index in [0.29, 0.717) is 43.7 Å². The number of benzene rings is 1. The number of ether oxygens (including phenoxy) is 8. The van der Waals surface area contributed by atoms with Gasteiger partial charge in [0, 0.05) is 62.9 Å².